The van der Waals surface area contributed by atoms with Gasteiger partial charge in [0.25, 0.3) is 5.91 Å². The summed E-state index contributed by atoms with van der Waals surface area (Å²) in [5, 5.41) is 13.7. The molecule has 2 rings (SSSR count). The Hall–Kier alpha value is -3.48. The van der Waals surface area contributed by atoms with Gasteiger partial charge in [0.1, 0.15) is 17.5 Å². The molecule has 34 heavy (non-hydrogen) atoms. The summed E-state index contributed by atoms with van der Waals surface area (Å²) in [5.41, 5.74) is 0.420. The highest BCUT2D eigenvalue weighted by atomic mass is 19.4. The molecule has 2 aromatic rings. The fourth-order valence-electron chi connectivity index (χ4n) is 2.68. The number of ether oxygens (including phenoxy) is 2. The lowest BCUT2D eigenvalue weighted by Crippen LogP contribution is -2.48. The van der Waals surface area contributed by atoms with Gasteiger partial charge in [-0.2, -0.15) is 13.2 Å². The van der Waals surface area contributed by atoms with E-state index in [9.17, 15) is 35.9 Å². The molecule has 0 radical (unpaired) electrons. The molecule has 3 N–H and O–H groups in total. The van der Waals surface area contributed by atoms with Crippen LogP contribution < -0.4 is 20.1 Å². The van der Waals surface area contributed by atoms with Crippen molar-refractivity contribution < 1.29 is 50.5 Å². The minimum Gasteiger partial charge on any atom is -0.484 e. The van der Waals surface area contributed by atoms with Gasteiger partial charge in [-0.1, -0.05) is 12.1 Å². The van der Waals surface area contributed by atoms with Crippen molar-refractivity contribution in [2.75, 3.05) is 19.8 Å². The van der Waals surface area contributed by atoms with E-state index in [-0.39, 0.29) is 30.9 Å². The molecule has 0 spiro atoms. The smallest absolute Gasteiger partial charge is 0.484 e. The molecule has 0 fully saturated rings. The van der Waals surface area contributed by atoms with Gasteiger partial charge in [-0.25, -0.2) is 0 Å². The molecule has 0 aliphatic carbocycles. The van der Waals surface area contributed by atoms with E-state index < -0.39 is 42.8 Å². The normalized spacial score (nSPS) is 12.6. The molecule has 1 unspecified atom stereocenters. The number of benzene rings is 2. The number of hydrogen-bond donors (Lipinski definition) is 3. The van der Waals surface area contributed by atoms with Crippen LogP contribution in [0.4, 0.5) is 26.3 Å². The van der Waals surface area contributed by atoms with Crippen LogP contribution >= 0.6 is 0 Å². The predicted octanol–water partition coefficient (Wildman–Crippen LogP) is 2.98. The number of carbonyl (C=O) groups excluding carboxylic acids is 2. The second-order valence-electron chi connectivity index (χ2n) is 6.86. The first kappa shape index (κ1) is 26.8. The lowest BCUT2D eigenvalue weighted by molar-refractivity contribution is -0.274. The van der Waals surface area contributed by atoms with Crippen LogP contribution in [0.25, 0.3) is 0 Å². The zero-order chi connectivity index (χ0) is 25.4. The van der Waals surface area contributed by atoms with Crippen molar-refractivity contribution in [3.8, 4) is 11.5 Å². The van der Waals surface area contributed by atoms with Crippen LogP contribution in [-0.2, 0) is 11.2 Å². The van der Waals surface area contributed by atoms with Gasteiger partial charge in [-0.3, -0.25) is 9.59 Å². The van der Waals surface area contributed by atoms with Crippen molar-refractivity contribution in [3.63, 3.8) is 0 Å². The van der Waals surface area contributed by atoms with Gasteiger partial charge in [-0.15, -0.1) is 13.2 Å². The van der Waals surface area contributed by atoms with Crippen molar-refractivity contribution in [1.82, 2.24) is 10.6 Å². The molecule has 186 valence electrons. The van der Waals surface area contributed by atoms with Gasteiger partial charge in [0.15, 0.2) is 6.61 Å². The van der Waals surface area contributed by atoms with E-state index in [1.807, 2.05) is 0 Å². The van der Waals surface area contributed by atoms with Crippen molar-refractivity contribution in [2.45, 2.75) is 25.0 Å². The summed E-state index contributed by atoms with van der Waals surface area (Å²) in [4.78, 5) is 25.0. The number of alkyl halides is 6. The molecule has 13 heteroatoms. The molecule has 0 aliphatic rings. The Morgan fingerprint density at radius 1 is 0.912 bits per heavy atom. The maximum atomic E-state index is 12.6. The van der Waals surface area contributed by atoms with Crippen LogP contribution in [0.1, 0.15) is 15.9 Å². The molecule has 0 heterocycles. The van der Waals surface area contributed by atoms with Gasteiger partial charge in [0.05, 0.1) is 6.61 Å². The summed E-state index contributed by atoms with van der Waals surface area (Å²) in [7, 11) is 0. The van der Waals surface area contributed by atoms with Crippen LogP contribution in [0, 0.1) is 0 Å². The monoisotopic (exact) mass is 494 g/mol. The minimum absolute atomic E-state index is 0.0215. The molecular formula is C21H20F6N2O5. The van der Waals surface area contributed by atoms with Gasteiger partial charge in [0.2, 0.25) is 5.91 Å². The van der Waals surface area contributed by atoms with E-state index in [2.05, 4.69) is 20.1 Å². The van der Waals surface area contributed by atoms with Crippen LogP contribution in [0.2, 0.25) is 0 Å². The summed E-state index contributed by atoms with van der Waals surface area (Å²) in [6.45, 7) is -1.97. The Bertz CT molecular complexity index is 946. The number of hydrogen-bond acceptors (Lipinski definition) is 5. The Kier molecular flexibility index (Phi) is 9.12. The van der Waals surface area contributed by atoms with Crippen LogP contribution in [0.5, 0.6) is 11.5 Å². The Balaban J connectivity index is 2.08. The Labute approximate surface area is 189 Å². The SMILES string of the molecule is O=C(NC(Cc1ccc(OC(F)(F)F)cc1)C(=O)NCCO)c1ccc(OCC(F)(F)F)cc1. The highest BCUT2D eigenvalue weighted by Gasteiger charge is 2.31. The molecule has 7 nitrogen and oxygen atoms in total. The van der Waals surface area contributed by atoms with Crippen molar-refractivity contribution in [1.29, 1.82) is 0 Å². The van der Waals surface area contributed by atoms with Crippen molar-refractivity contribution in [3.05, 3.63) is 59.7 Å². The molecule has 0 aromatic heterocycles. The van der Waals surface area contributed by atoms with E-state index in [4.69, 9.17) is 5.11 Å². The second kappa shape index (κ2) is 11.6. The van der Waals surface area contributed by atoms with E-state index >= 15 is 0 Å². The number of rotatable bonds is 10. The largest absolute Gasteiger partial charge is 0.573 e. The molecule has 0 bridgehead atoms. The van der Waals surface area contributed by atoms with Crippen LogP contribution in [0.3, 0.4) is 0 Å². The average molecular weight is 494 g/mol. The van der Waals surface area contributed by atoms with Crippen LogP contribution in [0.15, 0.2) is 48.5 Å². The lowest BCUT2D eigenvalue weighted by Gasteiger charge is -2.19. The number of amides is 2. The standard InChI is InChI=1S/C21H20F6N2O5/c22-20(23,24)12-33-15-7-3-14(4-8-15)18(31)29-17(19(32)28-9-10-30)11-13-1-5-16(6-2-13)34-21(25,26)27/h1-8,17,30H,9-12H2,(H,28,32)(H,29,31). The third kappa shape index (κ3) is 9.57. The number of halogens is 6. The molecule has 0 saturated carbocycles. The first-order valence-corrected chi connectivity index (χ1v) is 9.70. The maximum Gasteiger partial charge on any atom is 0.573 e. The fourth-order valence-corrected chi connectivity index (χ4v) is 2.68. The topological polar surface area (TPSA) is 96.9 Å². The Morgan fingerprint density at radius 3 is 2.03 bits per heavy atom. The fraction of sp³-hybridized carbons (Fsp3) is 0.333. The Morgan fingerprint density at radius 2 is 1.50 bits per heavy atom. The molecule has 1 atom stereocenters. The zero-order valence-corrected chi connectivity index (χ0v) is 17.4. The van der Waals surface area contributed by atoms with Gasteiger partial charge < -0.3 is 25.2 Å². The highest BCUT2D eigenvalue weighted by molar-refractivity contribution is 5.97. The summed E-state index contributed by atoms with van der Waals surface area (Å²) in [5.74, 6) is -1.98. The van der Waals surface area contributed by atoms with Crippen molar-refractivity contribution >= 4 is 11.8 Å². The lowest BCUT2D eigenvalue weighted by atomic mass is 10.0. The van der Waals surface area contributed by atoms with Crippen molar-refractivity contribution in [2.24, 2.45) is 0 Å². The molecule has 2 amide bonds. The quantitative estimate of drug-likeness (QED) is 0.442. The molecular weight excluding hydrogens is 474 g/mol. The van der Waals surface area contributed by atoms with Crippen LogP contribution in [-0.4, -0.2) is 55.3 Å². The summed E-state index contributed by atoms with van der Waals surface area (Å²) >= 11 is 0. The molecule has 0 saturated heterocycles. The third-order valence-corrected chi connectivity index (χ3v) is 4.15. The minimum atomic E-state index is -4.87. The van der Waals surface area contributed by atoms with E-state index in [1.165, 1.54) is 24.3 Å². The van der Waals surface area contributed by atoms with Gasteiger partial charge in [-0.05, 0) is 42.0 Å². The number of aliphatic hydroxyl groups excluding tert-OH is 1. The van der Waals surface area contributed by atoms with Gasteiger partial charge in [0, 0.05) is 18.5 Å². The first-order chi connectivity index (χ1) is 15.9. The average Bonchev–Trinajstić information content (AvgIpc) is 2.75. The third-order valence-electron chi connectivity index (χ3n) is 4.15. The number of nitrogens with one attached hydrogen (secondary N) is 2. The number of carbonyl (C=O) groups is 2. The zero-order valence-electron chi connectivity index (χ0n) is 17.4. The first-order valence-electron chi connectivity index (χ1n) is 9.70. The summed E-state index contributed by atoms with van der Waals surface area (Å²) in [6, 6.07) is 8.20. The van der Waals surface area contributed by atoms with E-state index in [0.717, 1.165) is 24.3 Å². The van der Waals surface area contributed by atoms with E-state index in [1.54, 1.807) is 0 Å². The number of aliphatic hydroxyl groups is 1. The van der Waals surface area contributed by atoms with E-state index in [0.29, 0.717) is 5.56 Å². The second-order valence-corrected chi connectivity index (χ2v) is 6.86. The molecule has 2 aromatic carbocycles. The molecule has 0 aliphatic heterocycles. The maximum absolute atomic E-state index is 12.6. The predicted molar refractivity (Wildman–Crippen MR) is 106 cm³/mol. The van der Waals surface area contributed by atoms with Gasteiger partial charge >= 0.3 is 12.5 Å². The summed E-state index contributed by atoms with van der Waals surface area (Å²) < 4.78 is 81.9. The highest BCUT2D eigenvalue weighted by Crippen LogP contribution is 2.23. The summed E-state index contributed by atoms with van der Waals surface area (Å²) in [6.07, 6.45) is -9.50.